The zero-order valence-corrected chi connectivity index (χ0v) is 8.09. The van der Waals surface area contributed by atoms with Gasteiger partial charge in [-0.3, -0.25) is 0 Å². The van der Waals surface area contributed by atoms with Crippen LogP contribution in [0.1, 0.15) is 39.0 Å². The molecule has 1 saturated carbocycles. The number of hydrogen-bond acceptors (Lipinski definition) is 2. The van der Waals surface area contributed by atoms with Crippen LogP contribution in [0.2, 0.25) is 0 Å². The molecule has 0 bridgehead atoms. The summed E-state index contributed by atoms with van der Waals surface area (Å²) in [5, 5.41) is 0. The Labute approximate surface area is 75.5 Å². The molecule has 0 heterocycles. The Morgan fingerprint density at radius 1 is 1.33 bits per heavy atom. The van der Waals surface area contributed by atoms with Gasteiger partial charge in [-0.15, -0.1) is 0 Å². The van der Waals surface area contributed by atoms with E-state index in [-0.39, 0.29) is 6.04 Å². The summed E-state index contributed by atoms with van der Waals surface area (Å²) in [6.07, 6.45) is 6.93. The molecule has 1 aliphatic rings. The second-order valence-corrected chi connectivity index (χ2v) is 4.02. The Morgan fingerprint density at radius 2 is 2.00 bits per heavy atom. The van der Waals surface area contributed by atoms with Gasteiger partial charge in [0.15, 0.2) is 0 Å². The quantitative estimate of drug-likeness (QED) is 0.701. The van der Waals surface area contributed by atoms with E-state index in [1.165, 1.54) is 32.1 Å². The van der Waals surface area contributed by atoms with Crippen LogP contribution in [-0.4, -0.2) is 19.3 Å². The third kappa shape index (κ3) is 4.07. The normalized spacial score (nSPS) is 22.5. The maximum Gasteiger partial charge on any atom is 0.0614 e. The van der Waals surface area contributed by atoms with Crippen molar-refractivity contribution in [2.75, 3.05) is 13.2 Å². The van der Waals surface area contributed by atoms with Crippen LogP contribution in [0, 0.1) is 5.92 Å². The summed E-state index contributed by atoms with van der Waals surface area (Å²) in [5.41, 5.74) is 5.58. The molecular formula is C10H21NO. The Bertz CT molecular complexity index is 108. The summed E-state index contributed by atoms with van der Waals surface area (Å²) in [6, 6.07) is 0.189. The molecule has 0 saturated heterocycles. The molecule has 0 radical (unpaired) electrons. The molecule has 0 spiro atoms. The van der Waals surface area contributed by atoms with Crippen LogP contribution < -0.4 is 5.73 Å². The van der Waals surface area contributed by atoms with Crippen molar-refractivity contribution in [2.45, 2.75) is 45.1 Å². The van der Waals surface area contributed by atoms with Crippen LogP contribution in [0.25, 0.3) is 0 Å². The van der Waals surface area contributed by atoms with Gasteiger partial charge in [-0.2, -0.15) is 0 Å². The minimum atomic E-state index is 0.189. The molecule has 1 fully saturated rings. The maximum absolute atomic E-state index is 5.58. The van der Waals surface area contributed by atoms with Crippen molar-refractivity contribution in [1.29, 1.82) is 0 Å². The molecule has 1 unspecified atom stereocenters. The monoisotopic (exact) mass is 171 g/mol. The lowest BCUT2D eigenvalue weighted by Crippen LogP contribution is -2.24. The molecule has 1 aliphatic carbocycles. The number of ether oxygens (including phenoxy) is 1. The van der Waals surface area contributed by atoms with Gasteiger partial charge in [-0.1, -0.05) is 19.3 Å². The molecule has 0 aromatic rings. The fraction of sp³-hybridized carbons (Fsp3) is 1.00. The third-order valence-electron chi connectivity index (χ3n) is 2.46. The molecule has 72 valence electrons. The minimum Gasteiger partial charge on any atom is -0.380 e. The fourth-order valence-electron chi connectivity index (χ4n) is 1.77. The van der Waals surface area contributed by atoms with Gasteiger partial charge < -0.3 is 10.5 Å². The Hall–Kier alpha value is -0.0800. The lowest BCUT2D eigenvalue weighted by Gasteiger charge is -2.21. The van der Waals surface area contributed by atoms with Gasteiger partial charge in [0.25, 0.3) is 0 Å². The van der Waals surface area contributed by atoms with Crippen LogP contribution >= 0.6 is 0 Å². The van der Waals surface area contributed by atoms with Crippen molar-refractivity contribution in [2.24, 2.45) is 11.7 Å². The molecule has 2 heteroatoms. The predicted molar refractivity (Wildman–Crippen MR) is 51.0 cm³/mol. The first-order valence-corrected chi connectivity index (χ1v) is 5.12. The lowest BCUT2D eigenvalue weighted by atomic mass is 9.90. The zero-order chi connectivity index (χ0) is 8.81. The number of rotatable bonds is 4. The van der Waals surface area contributed by atoms with E-state index in [0.717, 1.165) is 19.1 Å². The van der Waals surface area contributed by atoms with Crippen molar-refractivity contribution < 1.29 is 4.74 Å². The average Bonchev–Trinajstić information content (AvgIpc) is 2.05. The van der Waals surface area contributed by atoms with Crippen molar-refractivity contribution in [3.8, 4) is 0 Å². The summed E-state index contributed by atoms with van der Waals surface area (Å²) in [6.45, 7) is 3.64. The van der Waals surface area contributed by atoms with Gasteiger partial charge in [0.1, 0.15) is 0 Å². The second-order valence-electron chi connectivity index (χ2n) is 4.02. The average molecular weight is 171 g/mol. The molecule has 2 N–H and O–H groups in total. The molecule has 2 nitrogen and oxygen atoms in total. The second kappa shape index (κ2) is 5.55. The van der Waals surface area contributed by atoms with Crippen LogP contribution in [0.15, 0.2) is 0 Å². The molecule has 1 atom stereocenters. The van der Waals surface area contributed by atoms with Crippen LogP contribution in [0.4, 0.5) is 0 Å². The molecule has 0 amide bonds. The predicted octanol–water partition coefficient (Wildman–Crippen LogP) is 1.93. The SMILES string of the molecule is CC(N)COCC1CCCCC1. The molecular weight excluding hydrogens is 150 g/mol. The zero-order valence-electron chi connectivity index (χ0n) is 8.09. The van der Waals surface area contributed by atoms with Gasteiger partial charge in [0, 0.05) is 12.6 Å². The first kappa shape index (κ1) is 10.0. The maximum atomic E-state index is 5.58. The van der Waals surface area contributed by atoms with Crippen molar-refractivity contribution in [3.05, 3.63) is 0 Å². The van der Waals surface area contributed by atoms with E-state index >= 15 is 0 Å². The van der Waals surface area contributed by atoms with E-state index < -0.39 is 0 Å². The first-order chi connectivity index (χ1) is 5.79. The standard InChI is InChI=1S/C10H21NO/c1-9(11)7-12-8-10-5-3-2-4-6-10/h9-10H,2-8,11H2,1H3. The Balaban J connectivity index is 1.98. The van der Waals surface area contributed by atoms with Gasteiger partial charge in [0.05, 0.1) is 6.61 Å². The van der Waals surface area contributed by atoms with Crippen molar-refractivity contribution in [3.63, 3.8) is 0 Å². The summed E-state index contributed by atoms with van der Waals surface area (Å²) >= 11 is 0. The van der Waals surface area contributed by atoms with Gasteiger partial charge >= 0.3 is 0 Å². The molecule has 0 aromatic carbocycles. The molecule has 0 aliphatic heterocycles. The fourth-order valence-corrected chi connectivity index (χ4v) is 1.77. The topological polar surface area (TPSA) is 35.2 Å². The largest absolute Gasteiger partial charge is 0.380 e. The van der Waals surface area contributed by atoms with Crippen LogP contribution in [0.5, 0.6) is 0 Å². The highest BCUT2D eigenvalue weighted by Gasteiger charge is 2.13. The van der Waals surface area contributed by atoms with Crippen LogP contribution in [0.3, 0.4) is 0 Å². The van der Waals surface area contributed by atoms with E-state index in [9.17, 15) is 0 Å². The minimum absolute atomic E-state index is 0.189. The van der Waals surface area contributed by atoms with E-state index in [1.807, 2.05) is 6.92 Å². The van der Waals surface area contributed by atoms with Gasteiger partial charge in [-0.05, 0) is 25.7 Å². The Morgan fingerprint density at radius 3 is 2.58 bits per heavy atom. The van der Waals surface area contributed by atoms with Gasteiger partial charge in [0.2, 0.25) is 0 Å². The molecule has 1 rings (SSSR count). The summed E-state index contributed by atoms with van der Waals surface area (Å²) < 4.78 is 5.51. The lowest BCUT2D eigenvalue weighted by molar-refractivity contribution is 0.0785. The van der Waals surface area contributed by atoms with E-state index in [1.54, 1.807) is 0 Å². The van der Waals surface area contributed by atoms with E-state index in [4.69, 9.17) is 10.5 Å². The van der Waals surface area contributed by atoms with Crippen LogP contribution in [-0.2, 0) is 4.74 Å². The summed E-state index contributed by atoms with van der Waals surface area (Å²) in [5.74, 6) is 0.817. The molecule has 0 aromatic heterocycles. The summed E-state index contributed by atoms with van der Waals surface area (Å²) in [7, 11) is 0. The summed E-state index contributed by atoms with van der Waals surface area (Å²) in [4.78, 5) is 0. The smallest absolute Gasteiger partial charge is 0.0614 e. The number of hydrogen-bond donors (Lipinski definition) is 1. The van der Waals surface area contributed by atoms with Crippen molar-refractivity contribution >= 4 is 0 Å². The Kier molecular flexibility index (Phi) is 4.62. The van der Waals surface area contributed by atoms with Gasteiger partial charge in [-0.25, -0.2) is 0 Å². The van der Waals surface area contributed by atoms with E-state index in [0.29, 0.717) is 0 Å². The third-order valence-corrected chi connectivity index (χ3v) is 2.46. The van der Waals surface area contributed by atoms with E-state index in [2.05, 4.69) is 0 Å². The highest BCUT2D eigenvalue weighted by atomic mass is 16.5. The van der Waals surface area contributed by atoms with Crippen molar-refractivity contribution in [1.82, 2.24) is 0 Å². The highest BCUT2D eigenvalue weighted by molar-refractivity contribution is 4.65. The highest BCUT2D eigenvalue weighted by Crippen LogP contribution is 2.23. The molecule has 12 heavy (non-hydrogen) atoms. The first-order valence-electron chi connectivity index (χ1n) is 5.12. The number of nitrogens with two attached hydrogens (primary N) is 1.